The zero-order valence-corrected chi connectivity index (χ0v) is 54.5. The quantitative estimate of drug-likeness (QED) is 0.0280. The number of H-pyrrole nitrogens is 1. The number of aromatic nitrogens is 4. The van der Waals surface area contributed by atoms with Gasteiger partial charge in [0.1, 0.15) is 28.8 Å². The standard InChI is InChI=1S/C33H28Cl4N6O3.C29H37ClN6O6S/c1-4-28(46-23-7-5-6-19(3)14-23)32(44)38-22-12-13-24(35)27(17-22)39-31-29(41-40-21-10-8-18(2)9-11-21)33(45)43(42-31)30-25(36)15-20(34)16-26(30)37;1-7-39-12-13-40-24-11-9-22(32-29(37)21(6)41-23-10-8-17(2)14-18(23)3)15-25(24)42-43(38)31-16-19(4)27-33-28-26(30)20(5)34-36(28)35-27/h5-17,28-29H,4H2,1-3H3,(H,38,44)(H,39,42);8-11,14-15,19,21,31,34H,7,12-13,16H2,1-6H3,(H,32,37). The van der Waals surface area contributed by atoms with Crippen LogP contribution in [0.4, 0.5) is 28.4 Å². The average Bonchev–Trinajstić information content (AvgIpc) is 1.77. The van der Waals surface area contributed by atoms with Crippen molar-refractivity contribution in [3.8, 4) is 23.0 Å². The van der Waals surface area contributed by atoms with Crippen molar-refractivity contribution in [3.63, 3.8) is 0 Å². The molecular formula is C62H65Cl5N12O9S. The Morgan fingerprint density at radius 1 is 0.753 bits per heavy atom. The summed E-state index contributed by atoms with van der Waals surface area (Å²) in [5, 5.41) is 24.2. The molecule has 1 aliphatic rings. The Bertz CT molecular complexity index is 3920. The number of halogens is 5. The number of anilines is 3. The van der Waals surface area contributed by atoms with Crippen LogP contribution in [0.1, 0.15) is 73.8 Å². The van der Waals surface area contributed by atoms with Gasteiger partial charge in [0.15, 0.2) is 41.0 Å². The predicted octanol–water partition coefficient (Wildman–Crippen LogP) is 14.3. The largest absolute Gasteiger partial charge is 0.487 e. The summed E-state index contributed by atoms with van der Waals surface area (Å²) in [6, 6.07) is 32.0. The van der Waals surface area contributed by atoms with Crippen LogP contribution in [0.5, 0.6) is 23.0 Å². The van der Waals surface area contributed by atoms with Crippen LogP contribution in [0.15, 0.2) is 130 Å². The van der Waals surface area contributed by atoms with Crippen molar-refractivity contribution < 1.29 is 41.7 Å². The highest BCUT2D eigenvalue weighted by Gasteiger charge is 2.41. The van der Waals surface area contributed by atoms with E-state index in [1.807, 2.05) is 104 Å². The Kier molecular flexibility index (Phi) is 23.5. The minimum absolute atomic E-state index is 0.0996. The van der Waals surface area contributed by atoms with Crippen molar-refractivity contribution in [3.05, 3.63) is 174 Å². The van der Waals surface area contributed by atoms with E-state index in [4.69, 9.17) is 81.1 Å². The second-order valence-electron chi connectivity index (χ2n) is 20.5. The molecule has 0 aliphatic carbocycles. The van der Waals surface area contributed by atoms with Gasteiger partial charge in [-0.15, -0.1) is 5.10 Å². The molecule has 3 amide bonds. The van der Waals surface area contributed by atoms with Crippen molar-refractivity contribution in [2.24, 2.45) is 15.2 Å². The first-order valence-corrected chi connectivity index (χ1v) is 31.0. The van der Waals surface area contributed by atoms with Crippen LogP contribution in [0, 0.1) is 34.6 Å². The molecule has 6 aromatic carbocycles. The lowest BCUT2D eigenvalue weighted by molar-refractivity contribution is -0.123. The number of fused-ring (bicyclic) bond motifs is 1. The van der Waals surface area contributed by atoms with E-state index in [1.165, 1.54) is 16.8 Å². The van der Waals surface area contributed by atoms with Gasteiger partial charge in [-0.2, -0.15) is 19.1 Å². The Morgan fingerprint density at radius 3 is 2.13 bits per heavy atom. The van der Waals surface area contributed by atoms with E-state index >= 15 is 0 Å². The van der Waals surface area contributed by atoms with E-state index < -0.39 is 35.4 Å². The Morgan fingerprint density at radius 2 is 1.44 bits per heavy atom. The zero-order chi connectivity index (χ0) is 64.1. The zero-order valence-electron chi connectivity index (χ0n) is 49.9. The van der Waals surface area contributed by atoms with E-state index in [2.05, 4.69) is 51.2 Å². The molecule has 9 rings (SSSR count). The third-order valence-electron chi connectivity index (χ3n) is 13.3. The van der Waals surface area contributed by atoms with Crippen molar-refractivity contribution in [2.75, 3.05) is 42.0 Å². The average molecular weight is 1330 g/mol. The van der Waals surface area contributed by atoms with E-state index in [9.17, 15) is 18.6 Å². The smallest absolute Gasteiger partial charge is 0.288 e. The summed E-state index contributed by atoms with van der Waals surface area (Å²) in [5.41, 5.74) is 10.2. The first kappa shape index (κ1) is 67.1. The molecule has 1 aliphatic heterocycles. The summed E-state index contributed by atoms with van der Waals surface area (Å²) >= 11 is 29.8. The van der Waals surface area contributed by atoms with Crippen molar-refractivity contribution in [1.29, 1.82) is 0 Å². The fraction of sp³-hybridized carbons (Fsp3) is 0.290. The van der Waals surface area contributed by atoms with Gasteiger partial charge in [0.2, 0.25) is 6.04 Å². The maximum absolute atomic E-state index is 13.7. The molecule has 1 saturated heterocycles. The molecule has 5 unspecified atom stereocenters. The van der Waals surface area contributed by atoms with Crippen LogP contribution in [-0.4, -0.2) is 92.2 Å². The van der Waals surface area contributed by atoms with Crippen molar-refractivity contribution in [2.45, 2.75) is 92.9 Å². The van der Waals surface area contributed by atoms with Gasteiger partial charge in [-0.3, -0.25) is 24.9 Å². The van der Waals surface area contributed by atoms with Crippen LogP contribution in [0.2, 0.25) is 25.1 Å². The van der Waals surface area contributed by atoms with Gasteiger partial charge in [-0.05, 0) is 139 Å². The Balaban J connectivity index is 0.000000231. The van der Waals surface area contributed by atoms with Crippen LogP contribution < -0.4 is 44.2 Å². The summed E-state index contributed by atoms with van der Waals surface area (Å²) in [6.07, 6.45) is -1.07. The summed E-state index contributed by atoms with van der Waals surface area (Å²) in [5.74, 6) is 0.920. The molecule has 0 radical (unpaired) electrons. The number of aromatic amines is 1. The van der Waals surface area contributed by atoms with Gasteiger partial charge in [0.05, 0.1) is 38.7 Å². The molecule has 0 bridgehead atoms. The predicted molar refractivity (Wildman–Crippen MR) is 350 cm³/mol. The molecule has 8 aromatic rings. The minimum atomic E-state index is -1.96. The number of hydrogen-bond donors (Lipinski definition) is 5. The third kappa shape index (κ3) is 18.0. The second-order valence-corrected chi connectivity index (χ2v) is 23.5. The lowest BCUT2D eigenvalue weighted by Gasteiger charge is -2.19. The molecule has 89 heavy (non-hydrogen) atoms. The lowest BCUT2D eigenvalue weighted by atomic mass is 10.1. The monoisotopic (exact) mass is 1330 g/mol. The normalized spacial score (nSPS) is 14.9. The maximum atomic E-state index is 13.7. The summed E-state index contributed by atoms with van der Waals surface area (Å²) < 4.78 is 46.0. The van der Waals surface area contributed by atoms with E-state index in [0.29, 0.717) is 75.5 Å². The number of aryl methyl sites for hydroxylation is 5. The molecule has 5 atom stereocenters. The number of nitrogens with one attached hydrogen (secondary N) is 5. The molecule has 468 valence electrons. The number of carbonyl (C=O) groups excluding carboxylic acids is 3. The van der Waals surface area contributed by atoms with E-state index in [-0.39, 0.29) is 68.9 Å². The topological polar surface area (TPSA) is 249 Å². The number of amides is 3. The number of amidine groups is 1. The van der Waals surface area contributed by atoms with Crippen LogP contribution >= 0.6 is 58.0 Å². The molecular weight excluding hydrogens is 1270 g/mol. The van der Waals surface area contributed by atoms with Gasteiger partial charge < -0.3 is 33.8 Å². The van der Waals surface area contributed by atoms with Crippen LogP contribution in [0.25, 0.3) is 5.65 Å². The molecule has 2 aromatic heterocycles. The molecule has 27 heteroatoms. The highest BCUT2D eigenvalue weighted by atomic mass is 35.5. The molecule has 3 heterocycles. The van der Waals surface area contributed by atoms with Gasteiger partial charge in [0.25, 0.3) is 29.0 Å². The highest BCUT2D eigenvalue weighted by molar-refractivity contribution is 7.78. The SMILES string of the molecule is CCC(Oc1cccc(C)c1)C(=O)Nc1ccc(Cl)c(N=C2NN(c3c(Cl)cc(Cl)cc3Cl)C(=O)C2N=Nc2ccc(C)cc2)c1.CCOCCOc1ccc(NC(=O)C(C)Oc2ccc(C)cc2C)cc1OS(=O)NCC(C)c1nc2c(Cl)c(C)[nH]n2n1. The number of benzene rings is 6. The summed E-state index contributed by atoms with van der Waals surface area (Å²) in [6.45, 7) is 18.4. The lowest BCUT2D eigenvalue weighted by Crippen LogP contribution is -2.36. The first-order valence-electron chi connectivity index (χ1n) is 28.1. The number of rotatable bonds is 24. The molecule has 0 spiro atoms. The third-order valence-corrected chi connectivity index (χ3v) is 15.6. The van der Waals surface area contributed by atoms with Crippen molar-refractivity contribution in [1.82, 2.24) is 30.0 Å². The number of aliphatic imine (C=N–C) groups is 1. The maximum Gasteiger partial charge on any atom is 0.288 e. The number of nitrogens with zero attached hydrogens (tertiary/aromatic N) is 7. The molecule has 0 saturated carbocycles. The molecule has 5 N–H and O–H groups in total. The van der Waals surface area contributed by atoms with Gasteiger partial charge in [0, 0.05) is 41.5 Å². The van der Waals surface area contributed by atoms with Gasteiger partial charge in [-0.1, -0.05) is 119 Å². The van der Waals surface area contributed by atoms with Crippen molar-refractivity contribution >= 4 is 127 Å². The fourth-order valence-corrected chi connectivity index (χ4v) is 10.6. The second kappa shape index (κ2) is 31.1. The van der Waals surface area contributed by atoms with Gasteiger partial charge >= 0.3 is 0 Å². The minimum Gasteiger partial charge on any atom is -0.487 e. The van der Waals surface area contributed by atoms with Crippen LogP contribution in [0.3, 0.4) is 0 Å². The number of hydrogen-bond acceptors (Lipinski definition) is 14. The highest BCUT2D eigenvalue weighted by Crippen LogP contribution is 2.39. The summed E-state index contributed by atoms with van der Waals surface area (Å²) in [4.78, 5) is 48.9. The number of hydrazine groups is 1. The number of ether oxygens (including phenoxy) is 4. The number of azo groups is 1. The summed E-state index contributed by atoms with van der Waals surface area (Å²) in [7, 11) is 0. The van der Waals surface area contributed by atoms with Crippen LogP contribution in [-0.2, 0) is 30.4 Å². The molecule has 1 fully saturated rings. The number of carbonyl (C=O) groups is 3. The first-order chi connectivity index (χ1) is 42.6. The fourth-order valence-electron chi connectivity index (χ4n) is 8.59. The van der Waals surface area contributed by atoms with E-state index in [1.54, 1.807) is 61.5 Å². The molecule has 21 nitrogen and oxygen atoms in total. The van der Waals surface area contributed by atoms with Gasteiger partial charge in [-0.25, -0.2) is 19.7 Å². The Labute approximate surface area is 542 Å². The van der Waals surface area contributed by atoms with E-state index in [0.717, 1.165) is 33.0 Å². The Hall–Kier alpha value is -7.80.